The lowest BCUT2D eigenvalue weighted by atomic mass is 10.4. The molecule has 0 atom stereocenters. The van der Waals surface area contributed by atoms with Crippen LogP contribution in [0.1, 0.15) is 0 Å². The molecule has 0 saturated carbocycles. The van der Waals surface area contributed by atoms with Gasteiger partial charge in [-0.05, 0) is 28.7 Å². The average molecular weight is 316 g/mol. The van der Waals surface area contributed by atoms with E-state index in [-0.39, 0.29) is 0 Å². The maximum atomic E-state index is 5.80. The minimum absolute atomic E-state index is 0.518. The Hall–Kier alpha value is -1.31. The summed E-state index contributed by atoms with van der Waals surface area (Å²) in [6.45, 7) is 0. The molecule has 0 spiro atoms. The number of rotatable bonds is 2. The third kappa shape index (κ3) is 2.04. The summed E-state index contributed by atoms with van der Waals surface area (Å²) in [5, 5.41) is 4.13. The predicted octanol–water partition coefficient (Wildman–Crippen LogP) is 1.46. The molecule has 0 bridgehead atoms. The fraction of sp³-hybridized carbons (Fsp3) is 0.111. The third-order valence-electron chi connectivity index (χ3n) is 1.86. The van der Waals surface area contributed by atoms with E-state index in [0.29, 0.717) is 17.4 Å². The zero-order valence-electron chi connectivity index (χ0n) is 8.01. The molecule has 0 saturated heterocycles. The highest BCUT2D eigenvalue weighted by Gasteiger charge is 2.06. The van der Waals surface area contributed by atoms with Crippen molar-refractivity contribution in [3.05, 3.63) is 28.1 Å². The number of hydrogen-bond donors (Lipinski definition) is 1. The molecule has 2 heterocycles. The first-order chi connectivity index (χ1) is 7.20. The molecular formula is C9H9IN4O. The predicted molar refractivity (Wildman–Crippen MR) is 65.0 cm³/mol. The second kappa shape index (κ2) is 4.05. The Morgan fingerprint density at radius 3 is 2.87 bits per heavy atom. The van der Waals surface area contributed by atoms with Gasteiger partial charge in [-0.1, -0.05) is 0 Å². The van der Waals surface area contributed by atoms with E-state index in [1.54, 1.807) is 30.1 Å². The summed E-state index contributed by atoms with van der Waals surface area (Å²) in [4.78, 5) is 4.22. The van der Waals surface area contributed by atoms with Crippen molar-refractivity contribution in [3.8, 4) is 11.7 Å². The maximum absolute atomic E-state index is 5.80. The van der Waals surface area contributed by atoms with Crippen LogP contribution in [0.4, 0.5) is 5.69 Å². The van der Waals surface area contributed by atoms with Crippen molar-refractivity contribution in [3.63, 3.8) is 0 Å². The third-order valence-corrected chi connectivity index (χ3v) is 2.41. The van der Waals surface area contributed by atoms with Crippen LogP contribution in [0.5, 0.6) is 5.88 Å². The van der Waals surface area contributed by atoms with Gasteiger partial charge in [0, 0.05) is 12.3 Å². The zero-order valence-corrected chi connectivity index (χ0v) is 10.2. The quantitative estimate of drug-likeness (QED) is 0.852. The molecule has 2 N–H and O–H groups in total. The van der Waals surface area contributed by atoms with Gasteiger partial charge in [0.25, 0.3) is 0 Å². The van der Waals surface area contributed by atoms with Crippen LogP contribution >= 0.6 is 22.6 Å². The van der Waals surface area contributed by atoms with Gasteiger partial charge in [0.1, 0.15) is 0 Å². The van der Waals surface area contributed by atoms with E-state index >= 15 is 0 Å². The molecule has 0 aliphatic carbocycles. The molecule has 2 rings (SSSR count). The molecule has 6 heteroatoms. The Morgan fingerprint density at radius 1 is 1.47 bits per heavy atom. The van der Waals surface area contributed by atoms with Gasteiger partial charge in [-0.25, -0.2) is 4.68 Å². The molecule has 0 aliphatic rings. The second-order valence-corrected chi connectivity index (χ2v) is 4.12. The Morgan fingerprint density at radius 2 is 2.27 bits per heavy atom. The van der Waals surface area contributed by atoms with E-state index in [2.05, 4.69) is 32.7 Å². The number of ether oxygens (including phenoxy) is 1. The highest BCUT2D eigenvalue weighted by molar-refractivity contribution is 14.1. The lowest BCUT2D eigenvalue weighted by Gasteiger charge is -2.06. The standard InChI is InChI=1S/C9H9IN4O/c1-15-8-3-2-7(11)9(13-8)14-5-6(10)4-12-14/h2-5H,11H2,1H3. The van der Waals surface area contributed by atoms with Crippen molar-refractivity contribution >= 4 is 28.3 Å². The van der Waals surface area contributed by atoms with Gasteiger partial charge in [0.05, 0.1) is 22.6 Å². The van der Waals surface area contributed by atoms with Gasteiger partial charge in [0.15, 0.2) is 5.82 Å². The molecule has 0 aromatic carbocycles. The minimum Gasteiger partial charge on any atom is -0.481 e. The van der Waals surface area contributed by atoms with Gasteiger partial charge in [-0.3, -0.25) is 0 Å². The van der Waals surface area contributed by atoms with Crippen LogP contribution in [0.25, 0.3) is 5.82 Å². The maximum Gasteiger partial charge on any atom is 0.215 e. The molecule has 78 valence electrons. The van der Waals surface area contributed by atoms with E-state index < -0.39 is 0 Å². The van der Waals surface area contributed by atoms with E-state index in [9.17, 15) is 0 Å². The average Bonchev–Trinajstić information content (AvgIpc) is 2.65. The molecule has 0 aliphatic heterocycles. The lowest BCUT2D eigenvalue weighted by molar-refractivity contribution is 0.397. The lowest BCUT2D eigenvalue weighted by Crippen LogP contribution is -2.04. The van der Waals surface area contributed by atoms with Gasteiger partial charge in [-0.15, -0.1) is 0 Å². The van der Waals surface area contributed by atoms with E-state index in [4.69, 9.17) is 10.5 Å². The molecule has 0 fully saturated rings. The highest BCUT2D eigenvalue weighted by atomic mass is 127. The van der Waals surface area contributed by atoms with Gasteiger partial charge >= 0.3 is 0 Å². The first kappa shape index (κ1) is 10.2. The fourth-order valence-electron chi connectivity index (χ4n) is 1.16. The topological polar surface area (TPSA) is 66.0 Å². The van der Waals surface area contributed by atoms with Crippen LogP contribution in [0.3, 0.4) is 0 Å². The minimum atomic E-state index is 0.518. The van der Waals surface area contributed by atoms with Crippen LogP contribution in [-0.4, -0.2) is 21.9 Å². The number of nitrogens with two attached hydrogens (primary N) is 1. The molecule has 2 aromatic rings. The Balaban J connectivity index is 2.51. The van der Waals surface area contributed by atoms with Crippen molar-refractivity contribution in [2.24, 2.45) is 0 Å². The van der Waals surface area contributed by atoms with Crippen LogP contribution in [-0.2, 0) is 0 Å². The van der Waals surface area contributed by atoms with Crippen molar-refractivity contribution in [2.45, 2.75) is 0 Å². The van der Waals surface area contributed by atoms with Gasteiger partial charge in [-0.2, -0.15) is 10.1 Å². The Bertz CT molecular complexity index is 483. The van der Waals surface area contributed by atoms with E-state index in [1.807, 2.05) is 6.20 Å². The number of aromatic nitrogens is 3. The van der Waals surface area contributed by atoms with Crippen LogP contribution in [0, 0.1) is 3.57 Å². The van der Waals surface area contributed by atoms with E-state index in [0.717, 1.165) is 3.57 Å². The van der Waals surface area contributed by atoms with Crippen molar-refractivity contribution < 1.29 is 4.74 Å². The van der Waals surface area contributed by atoms with Crippen molar-refractivity contribution in [2.75, 3.05) is 12.8 Å². The Labute approximate surface area is 100 Å². The fourth-order valence-corrected chi connectivity index (χ4v) is 1.54. The molecule has 0 amide bonds. The molecule has 2 aromatic heterocycles. The molecule has 0 unspecified atom stereocenters. The number of hydrogen-bond acceptors (Lipinski definition) is 4. The summed E-state index contributed by atoms with van der Waals surface area (Å²) >= 11 is 2.17. The molecule has 5 nitrogen and oxygen atoms in total. The molecule has 15 heavy (non-hydrogen) atoms. The number of nitrogens with zero attached hydrogens (tertiary/aromatic N) is 3. The number of anilines is 1. The smallest absolute Gasteiger partial charge is 0.215 e. The van der Waals surface area contributed by atoms with Crippen LogP contribution in [0.15, 0.2) is 24.5 Å². The number of pyridine rings is 1. The first-order valence-electron chi connectivity index (χ1n) is 4.22. The van der Waals surface area contributed by atoms with Crippen molar-refractivity contribution in [1.29, 1.82) is 0 Å². The monoisotopic (exact) mass is 316 g/mol. The van der Waals surface area contributed by atoms with Gasteiger partial charge in [0.2, 0.25) is 5.88 Å². The summed E-state index contributed by atoms with van der Waals surface area (Å²) < 4.78 is 7.68. The normalized spacial score (nSPS) is 10.3. The van der Waals surface area contributed by atoms with Crippen molar-refractivity contribution in [1.82, 2.24) is 14.8 Å². The summed E-state index contributed by atoms with van der Waals surface area (Å²) in [7, 11) is 1.56. The summed E-state index contributed by atoms with van der Waals surface area (Å²) in [5.74, 6) is 1.10. The van der Waals surface area contributed by atoms with Gasteiger partial charge < -0.3 is 10.5 Å². The first-order valence-corrected chi connectivity index (χ1v) is 5.29. The Kier molecular flexibility index (Phi) is 2.76. The number of methoxy groups -OCH3 is 1. The zero-order chi connectivity index (χ0) is 10.8. The van der Waals surface area contributed by atoms with Crippen LogP contribution < -0.4 is 10.5 Å². The summed E-state index contributed by atoms with van der Waals surface area (Å²) in [6, 6.07) is 3.46. The molecular weight excluding hydrogens is 307 g/mol. The number of halogens is 1. The number of nitrogen functional groups attached to an aromatic ring is 1. The highest BCUT2D eigenvalue weighted by Crippen LogP contribution is 2.18. The van der Waals surface area contributed by atoms with E-state index in [1.165, 1.54) is 0 Å². The summed E-state index contributed by atoms with van der Waals surface area (Å²) in [6.07, 6.45) is 3.58. The largest absolute Gasteiger partial charge is 0.481 e. The van der Waals surface area contributed by atoms with Crippen LogP contribution in [0.2, 0.25) is 0 Å². The molecule has 0 radical (unpaired) electrons. The summed E-state index contributed by atoms with van der Waals surface area (Å²) in [5.41, 5.74) is 6.37. The SMILES string of the molecule is COc1ccc(N)c(-n2cc(I)cn2)n1. The second-order valence-electron chi connectivity index (χ2n) is 2.87.